The topological polar surface area (TPSA) is 75.1 Å². The van der Waals surface area contributed by atoms with Gasteiger partial charge in [0, 0.05) is 12.4 Å². The Morgan fingerprint density at radius 2 is 2.00 bits per heavy atom. The average molecular weight is 215 g/mol. The van der Waals surface area contributed by atoms with Crippen molar-refractivity contribution < 1.29 is 9.90 Å². The van der Waals surface area contributed by atoms with E-state index in [1.807, 2.05) is 0 Å². The van der Waals surface area contributed by atoms with E-state index in [1.165, 1.54) is 24.7 Å². The number of pyridine rings is 2. The summed E-state index contributed by atoms with van der Waals surface area (Å²) in [5.74, 6) is -0.545. The lowest BCUT2D eigenvalue weighted by Crippen LogP contribution is -2.12. The standard InChI is InChI=1S/C11H9N3O2/c15-10-7-13-5-3-9(10)11(16)14-8-2-1-4-12-6-8/h1-7,15H,(H,14,16). The Morgan fingerprint density at radius 1 is 1.19 bits per heavy atom. The molecule has 0 aliphatic rings. The van der Waals surface area contributed by atoms with Crippen molar-refractivity contribution >= 4 is 11.6 Å². The molecular weight excluding hydrogens is 206 g/mol. The van der Waals surface area contributed by atoms with Gasteiger partial charge in [-0.25, -0.2) is 0 Å². The lowest BCUT2D eigenvalue weighted by Gasteiger charge is -2.05. The Balaban J connectivity index is 2.19. The van der Waals surface area contributed by atoms with Crippen LogP contribution in [-0.4, -0.2) is 21.0 Å². The van der Waals surface area contributed by atoms with Gasteiger partial charge in [0.25, 0.3) is 5.91 Å². The second-order valence-electron chi connectivity index (χ2n) is 3.09. The third-order valence-electron chi connectivity index (χ3n) is 1.96. The fraction of sp³-hybridized carbons (Fsp3) is 0. The van der Waals surface area contributed by atoms with E-state index in [0.717, 1.165) is 0 Å². The van der Waals surface area contributed by atoms with Crippen molar-refractivity contribution in [2.24, 2.45) is 0 Å². The van der Waals surface area contributed by atoms with E-state index in [4.69, 9.17) is 0 Å². The molecule has 0 spiro atoms. The maximum absolute atomic E-state index is 11.7. The van der Waals surface area contributed by atoms with Gasteiger partial charge in [-0.1, -0.05) is 0 Å². The van der Waals surface area contributed by atoms with Gasteiger partial charge in [0.15, 0.2) is 0 Å². The highest BCUT2D eigenvalue weighted by molar-refractivity contribution is 6.05. The van der Waals surface area contributed by atoms with Crippen molar-refractivity contribution in [3.8, 4) is 5.75 Å². The van der Waals surface area contributed by atoms with Crippen LogP contribution in [-0.2, 0) is 0 Å². The summed E-state index contributed by atoms with van der Waals surface area (Å²) in [6.07, 6.45) is 5.80. The minimum atomic E-state index is -0.395. The van der Waals surface area contributed by atoms with Crippen LogP contribution in [0.3, 0.4) is 0 Å². The molecule has 0 saturated carbocycles. The first kappa shape index (κ1) is 10.1. The maximum atomic E-state index is 11.7. The lowest BCUT2D eigenvalue weighted by atomic mass is 10.2. The van der Waals surface area contributed by atoms with Gasteiger partial charge in [-0.05, 0) is 18.2 Å². The molecule has 2 heterocycles. The number of nitrogens with zero attached hydrogens (tertiary/aromatic N) is 2. The van der Waals surface area contributed by atoms with Crippen molar-refractivity contribution in [1.29, 1.82) is 0 Å². The van der Waals surface area contributed by atoms with Crippen LogP contribution in [0.1, 0.15) is 10.4 Å². The number of anilines is 1. The first-order valence-corrected chi connectivity index (χ1v) is 4.62. The zero-order chi connectivity index (χ0) is 11.4. The highest BCUT2D eigenvalue weighted by Crippen LogP contribution is 2.15. The third-order valence-corrected chi connectivity index (χ3v) is 1.96. The number of aromatic hydroxyl groups is 1. The molecule has 0 atom stereocenters. The Hall–Kier alpha value is -2.43. The second kappa shape index (κ2) is 4.39. The van der Waals surface area contributed by atoms with Gasteiger partial charge in [-0.3, -0.25) is 14.8 Å². The SMILES string of the molecule is O=C(Nc1cccnc1)c1ccncc1O. The summed E-state index contributed by atoms with van der Waals surface area (Å²) in [7, 11) is 0. The fourth-order valence-corrected chi connectivity index (χ4v) is 1.21. The van der Waals surface area contributed by atoms with Crippen LogP contribution in [0, 0.1) is 0 Å². The molecule has 16 heavy (non-hydrogen) atoms. The predicted molar refractivity (Wildman–Crippen MR) is 58.1 cm³/mol. The number of rotatable bonds is 2. The molecule has 1 amide bonds. The normalized spacial score (nSPS) is 9.75. The molecule has 2 rings (SSSR count). The van der Waals surface area contributed by atoms with Crippen molar-refractivity contribution in [3.05, 3.63) is 48.5 Å². The van der Waals surface area contributed by atoms with E-state index in [9.17, 15) is 9.90 Å². The van der Waals surface area contributed by atoms with Crippen molar-refractivity contribution in [2.75, 3.05) is 5.32 Å². The average Bonchev–Trinajstić information content (AvgIpc) is 2.31. The highest BCUT2D eigenvalue weighted by Gasteiger charge is 2.10. The zero-order valence-electron chi connectivity index (χ0n) is 8.29. The summed E-state index contributed by atoms with van der Waals surface area (Å²) in [5, 5.41) is 12.0. The molecule has 0 aliphatic carbocycles. The predicted octanol–water partition coefficient (Wildman–Crippen LogP) is 1.43. The number of hydrogen-bond acceptors (Lipinski definition) is 4. The van der Waals surface area contributed by atoms with Crippen LogP contribution in [0.2, 0.25) is 0 Å². The molecule has 0 aromatic carbocycles. The van der Waals surface area contributed by atoms with Gasteiger partial charge in [0.05, 0.1) is 23.6 Å². The molecule has 80 valence electrons. The number of hydrogen-bond donors (Lipinski definition) is 2. The summed E-state index contributed by atoms with van der Waals surface area (Å²) >= 11 is 0. The van der Waals surface area contributed by atoms with Gasteiger partial charge in [-0.15, -0.1) is 0 Å². The smallest absolute Gasteiger partial charge is 0.259 e. The van der Waals surface area contributed by atoms with Gasteiger partial charge in [-0.2, -0.15) is 0 Å². The molecular formula is C11H9N3O2. The quantitative estimate of drug-likeness (QED) is 0.794. The number of nitrogens with one attached hydrogen (secondary N) is 1. The van der Waals surface area contributed by atoms with Crippen LogP contribution >= 0.6 is 0 Å². The number of amides is 1. The summed E-state index contributed by atoms with van der Waals surface area (Å²) in [6, 6.07) is 4.87. The van der Waals surface area contributed by atoms with Gasteiger partial charge >= 0.3 is 0 Å². The molecule has 2 N–H and O–H groups in total. The Kier molecular flexibility index (Phi) is 2.77. The minimum absolute atomic E-state index is 0.149. The van der Waals surface area contributed by atoms with Gasteiger partial charge in [0.1, 0.15) is 5.75 Å². The Labute approximate surface area is 91.8 Å². The van der Waals surface area contributed by atoms with Crippen LogP contribution in [0.25, 0.3) is 0 Å². The van der Waals surface area contributed by atoms with Crippen LogP contribution in [0.5, 0.6) is 5.75 Å². The molecule has 0 bridgehead atoms. The summed E-state index contributed by atoms with van der Waals surface area (Å²) < 4.78 is 0. The number of carbonyl (C=O) groups is 1. The molecule has 0 fully saturated rings. The number of aromatic nitrogens is 2. The first-order chi connectivity index (χ1) is 7.77. The summed E-state index contributed by atoms with van der Waals surface area (Å²) in [5.41, 5.74) is 0.752. The summed E-state index contributed by atoms with van der Waals surface area (Å²) in [6.45, 7) is 0. The highest BCUT2D eigenvalue weighted by atomic mass is 16.3. The second-order valence-corrected chi connectivity index (χ2v) is 3.09. The van der Waals surface area contributed by atoms with E-state index in [2.05, 4.69) is 15.3 Å². The molecule has 2 aromatic heterocycles. The molecule has 0 saturated heterocycles. The molecule has 0 aliphatic heterocycles. The van der Waals surface area contributed by atoms with Crippen LogP contribution < -0.4 is 5.32 Å². The summed E-state index contributed by atoms with van der Waals surface area (Å²) in [4.78, 5) is 19.3. The minimum Gasteiger partial charge on any atom is -0.505 e. The largest absolute Gasteiger partial charge is 0.505 e. The molecule has 5 nitrogen and oxygen atoms in total. The Morgan fingerprint density at radius 3 is 2.69 bits per heavy atom. The molecule has 0 unspecified atom stereocenters. The van der Waals surface area contributed by atoms with E-state index in [-0.39, 0.29) is 11.3 Å². The van der Waals surface area contributed by atoms with Crippen molar-refractivity contribution in [3.63, 3.8) is 0 Å². The van der Waals surface area contributed by atoms with Gasteiger partial charge in [0.2, 0.25) is 0 Å². The van der Waals surface area contributed by atoms with E-state index >= 15 is 0 Å². The van der Waals surface area contributed by atoms with Crippen molar-refractivity contribution in [1.82, 2.24) is 9.97 Å². The Bertz CT molecular complexity index is 500. The monoisotopic (exact) mass is 215 g/mol. The molecule has 2 aromatic rings. The zero-order valence-corrected chi connectivity index (χ0v) is 8.29. The molecule has 5 heteroatoms. The third kappa shape index (κ3) is 2.14. The van der Waals surface area contributed by atoms with Crippen LogP contribution in [0.15, 0.2) is 43.0 Å². The van der Waals surface area contributed by atoms with Crippen molar-refractivity contribution in [2.45, 2.75) is 0 Å². The van der Waals surface area contributed by atoms with E-state index < -0.39 is 5.91 Å². The fourth-order valence-electron chi connectivity index (χ4n) is 1.21. The van der Waals surface area contributed by atoms with E-state index in [1.54, 1.807) is 18.3 Å². The lowest BCUT2D eigenvalue weighted by molar-refractivity contribution is 0.102. The molecule has 0 radical (unpaired) electrons. The van der Waals surface area contributed by atoms with Gasteiger partial charge < -0.3 is 10.4 Å². The maximum Gasteiger partial charge on any atom is 0.259 e. The first-order valence-electron chi connectivity index (χ1n) is 4.62. The number of carbonyl (C=O) groups excluding carboxylic acids is 1. The van der Waals surface area contributed by atoms with E-state index in [0.29, 0.717) is 5.69 Å². The van der Waals surface area contributed by atoms with Crippen LogP contribution in [0.4, 0.5) is 5.69 Å².